The van der Waals surface area contributed by atoms with Crippen molar-refractivity contribution in [3.63, 3.8) is 0 Å². The van der Waals surface area contributed by atoms with Crippen LogP contribution in [0.25, 0.3) is 0 Å². The molecule has 0 spiro atoms. The van der Waals surface area contributed by atoms with E-state index >= 15 is 0 Å². The summed E-state index contributed by atoms with van der Waals surface area (Å²) < 4.78 is 5.18. The van der Waals surface area contributed by atoms with Crippen LogP contribution < -0.4 is 10.6 Å². The van der Waals surface area contributed by atoms with Gasteiger partial charge in [0.2, 0.25) is 5.91 Å². The molecule has 2 amide bonds. The Labute approximate surface area is 126 Å². The number of amides is 2. The summed E-state index contributed by atoms with van der Waals surface area (Å²) in [5.41, 5.74) is 2.18. The number of aryl methyl sites for hydroxylation is 1. The first-order valence-corrected chi connectivity index (χ1v) is 7.22. The number of benzene rings is 1. The topological polar surface area (TPSA) is 67.4 Å². The molecule has 1 atom stereocenters. The van der Waals surface area contributed by atoms with Crippen molar-refractivity contribution in [2.45, 2.75) is 47.1 Å². The third-order valence-electron chi connectivity index (χ3n) is 3.15. The molecule has 0 aliphatic carbocycles. The first kappa shape index (κ1) is 17.0. The molecule has 21 heavy (non-hydrogen) atoms. The molecule has 2 N–H and O–H groups in total. The molecule has 0 heterocycles. The van der Waals surface area contributed by atoms with Gasteiger partial charge in [-0.25, -0.2) is 4.79 Å². The van der Waals surface area contributed by atoms with Gasteiger partial charge in [-0.1, -0.05) is 26.8 Å². The molecule has 0 radical (unpaired) electrons. The molecular weight excluding hydrogens is 268 g/mol. The maximum atomic E-state index is 11.8. The molecule has 1 unspecified atom stereocenters. The summed E-state index contributed by atoms with van der Waals surface area (Å²) in [5, 5.41) is 5.51. The molecule has 5 nitrogen and oxygen atoms in total. The standard InChI is InChI=1S/C16H24N2O3/c1-6-12(5)21-16(20)18-14-9-13(8-7-11(14)4)17-15(19)10(2)3/h7-10,12H,6H2,1-5H3,(H,17,19)(H,18,20). The smallest absolute Gasteiger partial charge is 0.411 e. The second-order valence-corrected chi connectivity index (χ2v) is 5.42. The van der Waals surface area contributed by atoms with E-state index in [2.05, 4.69) is 10.6 Å². The molecular formula is C16H24N2O3. The average Bonchev–Trinajstić information content (AvgIpc) is 2.42. The third-order valence-corrected chi connectivity index (χ3v) is 3.15. The summed E-state index contributed by atoms with van der Waals surface area (Å²) in [4.78, 5) is 23.4. The second kappa shape index (κ2) is 7.67. The van der Waals surface area contributed by atoms with Gasteiger partial charge in [0.25, 0.3) is 0 Å². The highest BCUT2D eigenvalue weighted by atomic mass is 16.6. The lowest BCUT2D eigenvalue weighted by atomic mass is 10.1. The van der Waals surface area contributed by atoms with Gasteiger partial charge in [0.05, 0.1) is 0 Å². The van der Waals surface area contributed by atoms with Gasteiger partial charge in [-0.05, 0) is 38.0 Å². The van der Waals surface area contributed by atoms with E-state index in [4.69, 9.17) is 4.74 Å². The van der Waals surface area contributed by atoms with Gasteiger partial charge in [-0.3, -0.25) is 10.1 Å². The van der Waals surface area contributed by atoms with Gasteiger partial charge >= 0.3 is 6.09 Å². The predicted octanol–water partition coefficient (Wildman–Crippen LogP) is 3.94. The van der Waals surface area contributed by atoms with Crippen molar-refractivity contribution in [1.82, 2.24) is 0 Å². The fraction of sp³-hybridized carbons (Fsp3) is 0.500. The van der Waals surface area contributed by atoms with E-state index in [0.29, 0.717) is 11.4 Å². The highest BCUT2D eigenvalue weighted by molar-refractivity contribution is 5.93. The lowest BCUT2D eigenvalue weighted by Gasteiger charge is -2.14. The van der Waals surface area contributed by atoms with Gasteiger partial charge < -0.3 is 10.1 Å². The number of hydrogen-bond donors (Lipinski definition) is 2. The van der Waals surface area contributed by atoms with Crippen LogP contribution in [-0.4, -0.2) is 18.1 Å². The summed E-state index contributed by atoms with van der Waals surface area (Å²) in [6, 6.07) is 5.38. The van der Waals surface area contributed by atoms with Crippen LogP contribution in [0.2, 0.25) is 0 Å². The molecule has 0 saturated heterocycles. The Kier molecular flexibility index (Phi) is 6.21. The van der Waals surface area contributed by atoms with E-state index in [1.165, 1.54) is 0 Å². The van der Waals surface area contributed by atoms with Crippen molar-refractivity contribution >= 4 is 23.4 Å². The van der Waals surface area contributed by atoms with Crippen molar-refractivity contribution in [2.75, 3.05) is 10.6 Å². The van der Waals surface area contributed by atoms with Crippen LogP contribution in [0.4, 0.5) is 16.2 Å². The largest absolute Gasteiger partial charge is 0.446 e. The molecule has 1 aromatic carbocycles. The van der Waals surface area contributed by atoms with E-state index < -0.39 is 6.09 Å². The quantitative estimate of drug-likeness (QED) is 0.863. The summed E-state index contributed by atoms with van der Waals surface area (Å²) in [7, 11) is 0. The molecule has 1 aromatic rings. The molecule has 0 aliphatic rings. The first-order valence-electron chi connectivity index (χ1n) is 7.22. The van der Waals surface area contributed by atoms with Crippen molar-refractivity contribution < 1.29 is 14.3 Å². The van der Waals surface area contributed by atoms with Crippen LogP contribution in [0.1, 0.15) is 39.7 Å². The zero-order valence-corrected chi connectivity index (χ0v) is 13.3. The zero-order chi connectivity index (χ0) is 16.0. The highest BCUT2D eigenvalue weighted by Gasteiger charge is 2.11. The van der Waals surface area contributed by atoms with Crippen LogP contribution in [0.15, 0.2) is 18.2 Å². The van der Waals surface area contributed by atoms with Crippen LogP contribution in [0, 0.1) is 12.8 Å². The molecule has 5 heteroatoms. The minimum atomic E-state index is -0.486. The fourth-order valence-electron chi connectivity index (χ4n) is 1.53. The Bertz CT molecular complexity index is 512. The Morgan fingerprint density at radius 3 is 2.43 bits per heavy atom. The Morgan fingerprint density at radius 1 is 1.19 bits per heavy atom. The number of carbonyl (C=O) groups is 2. The molecule has 116 valence electrons. The summed E-state index contributed by atoms with van der Waals surface area (Å²) in [5.74, 6) is -0.162. The summed E-state index contributed by atoms with van der Waals surface area (Å²) in [6.07, 6.45) is 0.144. The number of ether oxygens (including phenoxy) is 1. The normalized spacial score (nSPS) is 11.9. The molecule has 0 saturated carbocycles. The Hall–Kier alpha value is -2.04. The molecule has 0 aromatic heterocycles. The SMILES string of the molecule is CCC(C)OC(=O)Nc1cc(NC(=O)C(C)C)ccc1C. The number of anilines is 2. The maximum Gasteiger partial charge on any atom is 0.411 e. The van der Waals surface area contributed by atoms with Crippen molar-refractivity contribution in [2.24, 2.45) is 5.92 Å². The summed E-state index contributed by atoms with van der Waals surface area (Å²) in [6.45, 7) is 9.32. The highest BCUT2D eigenvalue weighted by Crippen LogP contribution is 2.21. The maximum absolute atomic E-state index is 11.8. The Morgan fingerprint density at radius 2 is 1.86 bits per heavy atom. The average molecular weight is 292 g/mol. The lowest BCUT2D eigenvalue weighted by molar-refractivity contribution is -0.118. The van der Waals surface area contributed by atoms with Crippen molar-refractivity contribution in [3.05, 3.63) is 23.8 Å². The molecule has 0 fully saturated rings. The monoisotopic (exact) mass is 292 g/mol. The van der Waals surface area contributed by atoms with Crippen LogP contribution in [-0.2, 0) is 9.53 Å². The molecule has 1 rings (SSSR count). The van der Waals surface area contributed by atoms with E-state index in [1.54, 1.807) is 12.1 Å². The van der Waals surface area contributed by atoms with Gasteiger partial charge in [-0.15, -0.1) is 0 Å². The van der Waals surface area contributed by atoms with Crippen LogP contribution in [0.3, 0.4) is 0 Å². The Balaban J connectivity index is 2.78. The van der Waals surface area contributed by atoms with Crippen LogP contribution >= 0.6 is 0 Å². The van der Waals surface area contributed by atoms with Gasteiger partial charge in [0.1, 0.15) is 6.10 Å². The lowest BCUT2D eigenvalue weighted by Crippen LogP contribution is -2.21. The number of rotatable bonds is 5. The number of hydrogen-bond acceptors (Lipinski definition) is 3. The van der Waals surface area contributed by atoms with Gasteiger partial charge in [0.15, 0.2) is 0 Å². The van der Waals surface area contributed by atoms with Crippen molar-refractivity contribution in [1.29, 1.82) is 0 Å². The minimum absolute atomic E-state index is 0.0630. The molecule has 0 aliphatic heterocycles. The van der Waals surface area contributed by atoms with Gasteiger partial charge in [0, 0.05) is 17.3 Å². The fourth-order valence-corrected chi connectivity index (χ4v) is 1.53. The van der Waals surface area contributed by atoms with Crippen molar-refractivity contribution in [3.8, 4) is 0 Å². The van der Waals surface area contributed by atoms with Gasteiger partial charge in [-0.2, -0.15) is 0 Å². The number of carbonyl (C=O) groups excluding carboxylic acids is 2. The number of nitrogens with one attached hydrogen (secondary N) is 2. The van der Waals surface area contributed by atoms with E-state index in [-0.39, 0.29) is 17.9 Å². The van der Waals surface area contributed by atoms with E-state index in [9.17, 15) is 9.59 Å². The first-order chi connectivity index (χ1) is 9.83. The third kappa shape index (κ3) is 5.45. The molecule has 0 bridgehead atoms. The van der Waals surface area contributed by atoms with E-state index in [0.717, 1.165) is 12.0 Å². The predicted molar refractivity (Wildman–Crippen MR) is 84.5 cm³/mol. The minimum Gasteiger partial charge on any atom is -0.446 e. The van der Waals surface area contributed by atoms with E-state index in [1.807, 2.05) is 40.7 Å². The second-order valence-electron chi connectivity index (χ2n) is 5.42. The van der Waals surface area contributed by atoms with Crippen LogP contribution in [0.5, 0.6) is 0 Å². The zero-order valence-electron chi connectivity index (χ0n) is 13.3. The summed E-state index contributed by atoms with van der Waals surface area (Å²) >= 11 is 0.